The molecule has 0 spiro atoms. The van der Waals surface area contributed by atoms with Gasteiger partial charge in [0, 0.05) is 37.3 Å². The molecule has 0 N–H and O–H groups in total. The molecule has 8 heteroatoms. The van der Waals surface area contributed by atoms with Crippen LogP contribution in [0.2, 0.25) is 0 Å². The van der Waals surface area contributed by atoms with Crippen LogP contribution in [0.25, 0.3) is 0 Å². The van der Waals surface area contributed by atoms with Gasteiger partial charge < -0.3 is 9.80 Å². The lowest BCUT2D eigenvalue weighted by Crippen LogP contribution is -2.47. The van der Waals surface area contributed by atoms with Crippen LogP contribution in [-0.2, 0) is 11.0 Å². The summed E-state index contributed by atoms with van der Waals surface area (Å²) in [4.78, 5) is 24.0. The molecule has 0 aromatic carbocycles. The third-order valence-electron chi connectivity index (χ3n) is 5.56. The average molecular weight is 384 g/mol. The van der Waals surface area contributed by atoms with E-state index in [-0.39, 0.29) is 17.9 Å². The molecule has 0 unspecified atom stereocenters. The van der Waals surface area contributed by atoms with Gasteiger partial charge in [-0.05, 0) is 38.5 Å². The third-order valence-corrected chi connectivity index (χ3v) is 5.56. The van der Waals surface area contributed by atoms with E-state index in [9.17, 15) is 18.0 Å². The number of amides is 1. The highest BCUT2D eigenvalue weighted by molar-refractivity contribution is 5.78. The Morgan fingerprint density at radius 3 is 2.41 bits per heavy atom. The molecule has 0 radical (unpaired) electrons. The SMILES string of the molecule is Cc1nc(C(F)(F)F)nc(N2CCC(=O)N(CC3CC3)[C@H](C(C)C)C2)c1C. The van der Waals surface area contributed by atoms with Crippen LogP contribution >= 0.6 is 0 Å². The third kappa shape index (κ3) is 4.35. The first-order chi connectivity index (χ1) is 12.6. The van der Waals surface area contributed by atoms with Crippen molar-refractivity contribution in [3.05, 3.63) is 17.1 Å². The summed E-state index contributed by atoms with van der Waals surface area (Å²) in [7, 11) is 0. The second-order valence-electron chi connectivity index (χ2n) is 8.08. The van der Waals surface area contributed by atoms with E-state index in [1.54, 1.807) is 13.8 Å². The first-order valence-electron chi connectivity index (χ1n) is 9.54. The Morgan fingerprint density at radius 2 is 1.85 bits per heavy atom. The molecule has 1 amide bonds. The molecule has 1 aromatic rings. The molecular formula is C19H27F3N4O. The normalized spacial score (nSPS) is 21.8. The van der Waals surface area contributed by atoms with Crippen LogP contribution in [0, 0.1) is 25.7 Å². The van der Waals surface area contributed by atoms with Crippen LogP contribution in [0.3, 0.4) is 0 Å². The second kappa shape index (κ2) is 7.28. The summed E-state index contributed by atoms with van der Waals surface area (Å²) < 4.78 is 39.6. The lowest BCUT2D eigenvalue weighted by atomic mass is 10.0. The van der Waals surface area contributed by atoms with Crippen molar-refractivity contribution in [2.45, 2.75) is 59.2 Å². The van der Waals surface area contributed by atoms with E-state index < -0.39 is 12.0 Å². The fourth-order valence-electron chi connectivity index (χ4n) is 3.60. The zero-order valence-corrected chi connectivity index (χ0v) is 16.3. The van der Waals surface area contributed by atoms with Crippen molar-refractivity contribution >= 4 is 11.7 Å². The van der Waals surface area contributed by atoms with Gasteiger partial charge in [0.1, 0.15) is 5.82 Å². The fourth-order valence-corrected chi connectivity index (χ4v) is 3.60. The van der Waals surface area contributed by atoms with E-state index in [0.29, 0.717) is 42.5 Å². The predicted octanol–water partition coefficient (Wildman–Crippen LogP) is 3.59. The molecular weight excluding hydrogens is 357 g/mol. The number of carbonyl (C=O) groups is 1. The molecule has 2 heterocycles. The number of nitrogens with zero attached hydrogens (tertiary/aromatic N) is 4. The van der Waals surface area contributed by atoms with E-state index in [4.69, 9.17) is 0 Å². The van der Waals surface area contributed by atoms with Crippen LogP contribution in [0.5, 0.6) is 0 Å². The Labute approximate surface area is 158 Å². The quantitative estimate of drug-likeness (QED) is 0.796. The first-order valence-corrected chi connectivity index (χ1v) is 9.54. The number of carbonyl (C=O) groups excluding carboxylic acids is 1. The minimum Gasteiger partial charge on any atom is -0.354 e. The standard InChI is InChI=1S/C19H27F3N4O/c1-11(2)15-10-25(8-7-16(27)26(15)9-14-5-6-14)17-12(3)13(4)23-18(24-17)19(20,21)22/h11,14-15H,5-10H2,1-4H3/t15-/m0/s1. The summed E-state index contributed by atoms with van der Waals surface area (Å²) in [5.41, 5.74) is 0.951. The number of anilines is 1. The molecule has 1 saturated carbocycles. The second-order valence-corrected chi connectivity index (χ2v) is 8.08. The maximum absolute atomic E-state index is 13.2. The Hall–Kier alpha value is -1.86. The predicted molar refractivity (Wildman–Crippen MR) is 96.4 cm³/mol. The largest absolute Gasteiger partial charge is 0.451 e. The summed E-state index contributed by atoms with van der Waals surface area (Å²) >= 11 is 0. The summed E-state index contributed by atoms with van der Waals surface area (Å²) in [5, 5.41) is 0. The number of rotatable bonds is 4. The summed E-state index contributed by atoms with van der Waals surface area (Å²) in [5.74, 6) is 0.0384. The van der Waals surface area contributed by atoms with Crippen LogP contribution < -0.4 is 4.90 Å². The highest BCUT2D eigenvalue weighted by Gasteiger charge is 2.39. The zero-order valence-electron chi connectivity index (χ0n) is 16.3. The minimum absolute atomic E-state index is 0.0374. The van der Waals surface area contributed by atoms with Crippen molar-refractivity contribution in [1.82, 2.24) is 14.9 Å². The molecule has 3 rings (SSSR count). The van der Waals surface area contributed by atoms with Gasteiger partial charge in [0.2, 0.25) is 11.7 Å². The van der Waals surface area contributed by atoms with Crippen LogP contribution in [-0.4, -0.2) is 46.5 Å². The Balaban J connectivity index is 1.94. The van der Waals surface area contributed by atoms with Crippen LogP contribution in [0.4, 0.5) is 19.0 Å². The molecule has 0 bridgehead atoms. The van der Waals surface area contributed by atoms with E-state index in [2.05, 4.69) is 23.8 Å². The van der Waals surface area contributed by atoms with Gasteiger partial charge in [-0.2, -0.15) is 13.2 Å². The molecule has 1 aliphatic carbocycles. The highest BCUT2D eigenvalue weighted by atomic mass is 19.4. The van der Waals surface area contributed by atoms with Crippen LogP contribution in [0.15, 0.2) is 0 Å². The summed E-state index contributed by atoms with van der Waals surface area (Å²) in [6.07, 6.45) is -2.00. The average Bonchev–Trinajstić information content (AvgIpc) is 3.39. The summed E-state index contributed by atoms with van der Waals surface area (Å²) in [6, 6.07) is -0.0374. The minimum atomic E-state index is -4.59. The van der Waals surface area contributed by atoms with Gasteiger partial charge in [0.15, 0.2) is 0 Å². The van der Waals surface area contributed by atoms with Crippen molar-refractivity contribution in [3.8, 4) is 0 Å². The van der Waals surface area contributed by atoms with Crippen molar-refractivity contribution < 1.29 is 18.0 Å². The Morgan fingerprint density at radius 1 is 1.19 bits per heavy atom. The fraction of sp³-hybridized carbons (Fsp3) is 0.737. The molecule has 2 fully saturated rings. The van der Waals surface area contributed by atoms with Gasteiger partial charge in [0.05, 0.1) is 6.04 Å². The molecule has 5 nitrogen and oxygen atoms in total. The Kier molecular flexibility index (Phi) is 5.36. The van der Waals surface area contributed by atoms with Crippen molar-refractivity contribution in [2.75, 3.05) is 24.5 Å². The van der Waals surface area contributed by atoms with Crippen molar-refractivity contribution in [2.24, 2.45) is 11.8 Å². The van der Waals surface area contributed by atoms with E-state index in [0.717, 1.165) is 19.4 Å². The van der Waals surface area contributed by atoms with E-state index >= 15 is 0 Å². The first kappa shape index (κ1) is 19.9. The van der Waals surface area contributed by atoms with Gasteiger partial charge in [-0.1, -0.05) is 13.8 Å². The molecule has 1 aliphatic heterocycles. The van der Waals surface area contributed by atoms with E-state index in [1.165, 1.54) is 0 Å². The molecule has 1 aromatic heterocycles. The highest BCUT2D eigenvalue weighted by Crippen LogP contribution is 2.34. The smallest absolute Gasteiger partial charge is 0.354 e. The number of aromatic nitrogens is 2. The van der Waals surface area contributed by atoms with Crippen molar-refractivity contribution in [1.29, 1.82) is 0 Å². The molecule has 27 heavy (non-hydrogen) atoms. The number of alkyl halides is 3. The summed E-state index contributed by atoms with van der Waals surface area (Å²) in [6.45, 7) is 9.04. The monoisotopic (exact) mass is 384 g/mol. The topological polar surface area (TPSA) is 49.3 Å². The van der Waals surface area contributed by atoms with Gasteiger partial charge >= 0.3 is 6.18 Å². The molecule has 1 atom stereocenters. The zero-order chi connectivity index (χ0) is 19.9. The van der Waals surface area contributed by atoms with Crippen molar-refractivity contribution in [3.63, 3.8) is 0 Å². The maximum Gasteiger partial charge on any atom is 0.451 e. The van der Waals surface area contributed by atoms with Gasteiger partial charge in [-0.25, -0.2) is 9.97 Å². The number of aryl methyl sites for hydroxylation is 1. The molecule has 1 saturated heterocycles. The lowest BCUT2D eigenvalue weighted by Gasteiger charge is -2.35. The maximum atomic E-state index is 13.2. The van der Waals surface area contributed by atoms with Gasteiger partial charge in [-0.15, -0.1) is 0 Å². The number of halogens is 3. The molecule has 2 aliphatic rings. The Bertz CT molecular complexity index is 716. The van der Waals surface area contributed by atoms with Crippen LogP contribution in [0.1, 0.15) is 50.2 Å². The molecule has 150 valence electrons. The van der Waals surface area contributed by atoms with Gasteiger partial charge in [0.25, 0.3) is 0 Å². The number of hydrogen-bond donors (Lipinski definition) is 0. The van der Waals surface area contributed by atoms with Gasteiger partial charge in [-0.3, -0.25) is 4.79 Å². The van der Waals surface area contributed by atoms with E-state index in [1.807, 2.05) is 9.80 Å². The lowest BCUT2D eigenvalue weighted by molar-refractivity contribution is -0.145. The number of hydrogen-bond acceptors (Lipinski definition) is 4.